The van der Waals surface area contributed by atoms with Gasteiger partial charge < -0.3 is 4.74 Å². The summed E-state index contributed by atoms with van der Waals surface area (Å²) in [5.74, 6) is 2.74. The largest absolute Gasteiger partial charge is 0.496 e. The summed E-state index contributed by atoms with van der Waals surface area (Å²) in [5, 5.41) is 0. The molecular weight excluding hydrogens is 298 g/mol. The SMILES string of the molecule is COc1ccc(S(=O)(=O)N2C[C@H]3[C@H]4CC[C@@H](C4)[C@@H]32)c(C)c1C. The molecule has 2 aliphatic carbocycles. The fourth-order valence-corrected chi connectivity index (χ4v) is 6.98. The quantitative estimate of drug-likeness (QED) is 0.860. The summed E-state index contributed by atoms with van der Waals surface area (Å²) in [7, 11) is -1.76. The number of hydrogen-bond donors (Lipinski definition) is 0. The number of hydrogen-bond acceptors (Lipinski definition) is 3. The minimum Gasteiger partial charge on any atom is -0.496 e. The third-order valence-corrected chi connectivity index (χ3v) is 8.27. The minimum absolute atomic E-state index is 0.269. The lowest BCUT2D eigenvalue weighted by atomic mass is 9.79. The highest BCUT2D eigenvalue weighted by atomic mass is 32.2. The average Bonchev–Trinajstić information content (AvgIpc) is 2.97. The second kappa shape index (κ2) is 4.71. The second-order valence-corrected chi connectivity index (χ2v) is 8.94. The van der Waals surface area contributed by atoms with Crippen LogP contribution in [0, 0.1) is 31.6 Å². The highest BCUT2D eigenvalue weighted by molar-refractivity contribution is 7.89. The first kappa shape index (κ1) is 14.5. The lowest BCUT2D eigenvalue weighted by molar-refractivity contribution is 0.0506. The number of sulfonamides is 1. The molecule has 4 atom stereocenters. The van der Waals surface area contributed by atoms with E-state index in [4.69, 9.17) is 4.74 Å². The summed E-state index contributed by atoms with van der Waals surface area (Å²) in [4.78, 5) is 0.451. The van der Waals surface area contributed by atoms with Gasteiger partial charge in [0.1, 0.15) is 5.75 Å². The van der Waals surface area contributed by atoms with E-state index in [1.807, 2.05) is 13.8 Å². The van der Waals surface area contributed by atoms with Gasteiger partial charge in [-0.15, -0.1) is 0 Å². The van der Waals surface area contributed by atoms with Crippen molar-refractivity contribution in [2.45, 2.75) is 44.0 Å². The van der Waals surface area contributed by atoms with Gasteiger partial charge in [0, 0.05) is 12.6 Å². The van der Waals surface area contributed by atoms with Gasteiger partial charge in [-0.25, -0.2) is 8.42 Å². The van der Waals surface area contributed by atoms with Gasteiger partial charge in [0.15, 0.2) is 0 Å². The zero-order valence-corrected chi connectivity index (χ0v) is 14.2. The Morgan fingerprint density at radius 1 is 1.14 bits per heavy atom. The van der Waals surface area contributed by atoms with Crippen LogP contribution in [-0.4, -0.2) is 32.4 Å². The van der Waals surface area contributed by atoms with E-state index in [1.54, 1.807) is 23.5 Å². The summed E-state index contributed by atoms with van der Waals surface area (Å²) in [6.45, 7) is 4.52. The van der Waals surface area contributed by atoms with Gasteiger partial charge in [-0.05, 0) is 74.1 Å². The Bertz CT molecular complexity index is 726. The first-order chi connectivity index (χ1) is 10.4. The van der Waals surface area contributed by atoms with Crippen molar-refractivity contribution >= 4 is 10.0 Å². The van der Waals surface area contributed by atoms with E-state index < -0.39 is 10.0 Å². The van der Waals surface area contributed by atoms with E-state index in [2.05, 4.69) is 0 Å². The van der Waals surface area contributed by atoms with Crippen LogP contribution in [0.15, 0.2) is 17.0 Å². The molecule has 3 aliphatic rings. The minimum atomic E-state index is -3.38. The Morgan fingerprint density at radius 2 is 1.86 bits per heavy atom. The summed E-state index contributed by atoms with van der Waals surface area (Å²) in [6, 6.07) is 3.75. The Balaban J connectivity index is 1.69. The maximum atomic E-state index is 13.1. The van der Waals surface area contributed by atoms with Gasteiger partial charge in [0.05, 0.1) is 12.0 Å². The van der Waals surface area contributed by atoms with Crippen LogP contribution in [0.4, 0.5) is 0 Å². The number of ether oxygens (including phenoxy) is 1. The van der Waals surface area contributed by atoms with Crippen LogP contribution in [0.1, 0.15) is 30.4 Å². The standard InChI is InChI=1S/C17H23NO3S/c1-10-11(2)16(7-6-15(10)21-3)22(19,20)18-9-14-12-4-5-13(8-12)17(14)18/h6-7,12-14,17H,4-5,8-9H2,1-3H3/t12-,13-,14-,17-/m0/s1. The van der Waals surface area contributed by atoms with E-state index in [0.29, 0.717) is 16.7 Å². The van der Waals surface area contributed by atoms with Crippen LogP contribution in [0.3, 0.4) is 0 Å². The van der Waals surface area contributed by atoms with Gasteiger partial charge in [-0.1, -0.05) is 0 Å². The van der Waals surface area contributed by atoms with Crippen LogP contribution < -0.4 is 4.74 Å². The summed E-state index contributed by atoms with van der Waals surface area (Å²) in [5.41, 5.74) is 1.72. The molecule has 0 spiro atoms. The third-order valence-electron chi connectivity index (χ3n) is 6.26. The monoisotopic (exact) mass is 321 g/mol. The fourth-order valence-electron chi connectivity index (χ4n) is 4.93. The molecule has 1 aromatic carbocycles. The van der Waals surface area contributed by atoms with E-state index in [0.717, 1.165) is 29.3 Å². The van der Waals surface area contributed by atoms with Crippen molar-refractivity contribution in [1.29, 1.82) is 0 Å². The predicted octanol–water partition coefficient (Wildman–Crippen LogP) is 2.73. The van der Waals surface area contributed by atoms with Crippen molar-refractivity contribution in [2.75, 3.05) is 13.7 Å². The molecule has 4 rings (SSSR count). The summed E-state index contributed by atoms with van der Waals surface area (Å²) < 4.78 is 33.3. The Labute approximate surface area is 132 Å². The lowest BCUT2D eigenvalue weighted by Crippen LogP contribution is -2.60. The molecular formula is C17H23NO3S. The molecule has 22 heavy (non-hydrogen) atoms. The molecule has 120 valence electrons. The number of fused-ring (bicyclic) bond motifs is 5. The van der Waals surface area contributed by atoms with Crippen molar-refractivity contribution in [3.05, 3.63) is 23.3 Å². The number of rotatable bonds is 3. The van der Waals surface area contributed by atoms with Crippen LogP contribution in [0.5, 0.6) is 5.75 Å². The number of benzene rings is 1. The van der Waals surface area contributed by atoms with Gasteiger partial charge in [0.25, 0.3) is 0 Å². The first-order valence-corrected chi connectivity index (χ1v) is 9.55. The maximum absolute atomic E-state index is 13.1. The van der Waals surface area contributed by atoms with E-state index in [-0.39, 0.29) is 6.04 Å². The summed E-state index contributed by atoms with van der Waals surface area (Å²) >= 11 is 0. The van der Waals surface area contributed by atoms with E-state index >= 15 is 0 Å². The zero-order valence-electron chi connectivity index (χ0n) is 13.4. The molecule has 4 nitrogen and oxygen atoms in total. The molecule has 0 unspecified atom stereocenters. The van der Waals surface area contributed by atoms with Crippen molar-refractivity contribution in [3.63, 3.8) is 0 Å². The molecule has 0 amide bonds. The highest BCUT2D eigenvalue weighted by Gasteiger charge is 2.59. The van der Waals surface area contributed by atoms with Crippen molar-refractivity contribution in [1.82, 2.24) is 4.31 Å². The molecule has 1 heterocycles. The lowest BCUT2D eigenvalue weighted by Gasteiger charge is -2.49. The van der Waals surface area contributed by atoms with Gasteiger partial charge >= 0.3 is 0 Å². The molecule has 0 radical (unpaired) electrons. The van der Waals surface area contributed by atoms with Crippen molar-refractivity contribution in [3.8, 4) is 5.75 Å². The molecule has 1 aromatic rings. The van der Waals surface area contributed by atoms with Gasteiger partial charge in [-0.2, -0.15) is 4.31 Å². The molecule has 0 aromatic heterocycles. The van der Waals surface area contributed by atoms with Crippen molar-refractivity contribution in [2.24, 2.45) is 17.8 Å². The number of methoxy groups -OCH3 is 1. The Kier molecular flexibility index (Phi) is 3.11. The smallest absolute Gasteiger partial charge is 0.243 e. The number of nitrogens with zero attached hydrogens (tertiary/aromatic N) is 1. The van der Waals surface area contributed by atoms with Gasteiger partial charge in [-0.3, -0.25) is 0 Å². The highest BCUT2D eigenvalue weighted by Crippen LogP contribution is 2.56. The van der Waals surface area contributed by atoms with Crippen LogP contribution >= 0.6 is 0 Å². The zero-order chi connectivity index (χ0) is 15.6. The molecule has 0 N–H and O–H groups in total. The van der Waals surface area contributed by atoms with E-state index in [9.17, 15) is 8.42 Å². The normalized spacial score (nSPS) is 33.6. The van der Waals surface area contributed by atoms with Crippen LogP contribution in [0.25, 0.3) is 0 Å². The average molecular weight is 321 g/mol. The molecule has 3 fully saturated rings. The van der Waals surface area contributed by atoms with Gasteiger partial charge in [0.2, 0.25) is 10.0 Å². The molecule has 1 aliphatic heterocycles. The molecule has 5 heteroatoms. The predicted molar refractivity (Wildman–Crippen MR) is 84.5 cm³/mol. The van der Waals surface area contributed by atoms with E-state index in [1.165, 1.54) is 19.3 Å². The van der Waals surface area contributed by atoms with Crippen LogP contribution in [0.2, 0.25) is 0 Å². The second-order valence-electron chi connectivity index (χ2n) is 7.08. The fraction of sp³-hybridized carbons (Fsp3) is 0.647. The maximum Gasteiger partial charge on any atom is 0.243 e. The first-order valence-electron chi connectivity index (χ1n) is 8.11. The topological polar surface area (TPSA) is 46.6 Å². The van der Waals surface area contributed by atoms with Crippen LogP contribution in [-0.2, 0) is 10.0 Å². The Morgan fingerprint density at radius 3 is 2.55 bits per heavy atom. The molecule has 1 saturated heterocycles. The summed E-state index contributed by atoms with van der Waals surface area (Å²) in [6.07, 6.45) is 3.75. The van der Waals surface area contributed by atoms with Crippen molar-refractivity contribution < 1.29 is 13.2 Å². The molecule has 2 saturated carbocycles. The molecule has 2 bridgehead atoms. The Hall–Kier alpha value is -1.07. The third kappa shape index (κ3) is 1.75.